The molecule has 220 valence electrons. The third-order valence-corrected chi connectivity index (χ3v) is 7.43. The number of aliphatic hydroxyl groups is 1. The number of esters is 2. The van der Waals surface area contributed by atoms with Crippen LogP contribution in [0.3, 0.4) is 0 Å². The molecule has 38 heavy (non-hydrogen) atoms. The van der Waals surface area contributed by atoms with Gasteiger partial charge in [-0.15, -0.1) is 0 Å². The molecule has 0 bridgehead atoms. The van der Waals surface area contributed by atoms with Crippen molar-refractivity contribution in [3.63, 3.8) is 0 Å². The number of carbonyl (C=O) groups excluding carboxylic acids is 3. The van der Waals surface area contributed by atoms with Crippen LogP contribution in [0, 0.1) is 23.7 Å². The van der Waals surface area contributed by atoms with Gasteiger partial charge in [0.15, 0.2) is 0 Å². The summed E-state index contributed by atoms with van der Waals surface area (Å²) in [6.45, 7) is 13.7. The van der Waals surface area contributed by atoms with Crippen LogP contribution in [0.2, 0.25) is 0 Å². The summed E-state index contributed by atoms with van der Waals surface area (Å²) in [6, 6.07) is -0.385. The highest BCUT2D eigenvalue weighted by Gasteiger charge is 2.33. The average molecular weight is 541 g/mol. The lowest BCUT2D eigenvalue weighted by atomic mass is 9.85. The molecule has 0 aromatic heterocycles. The largest absolute Gasteiger partial charge is 0.462 e. The summed E-state index contributed by atoms with van der Waals surface area (Å²) in [4.78, 5) is 38.0. The summed E-state index contributed by atoms with van der Waals surface area (Å²) in [5.41, 5.74) is 6.53. The summed E-state index contributed by atoms with van der Waals surface area (Å²) >= 11 is 0. The lowest BCUT2D eigenvalue weighted by molar-refractivity contribution is -0.159. The number of amides is 1. The Morgan fingerprint density at radius 3 is 2.21 bits per heavy atom. The second-order valence-electron chi connectivity index (χ2n) is 11.2. The van der Waals surface area contributed by atoms with Crippen molar-refractivity contribution in [1.29, 1.82) is 0 Å². The van der Waals surface area contributed by atoms with Gasteiger partial charge in [0.05, 0.1) is 18.1 Å². The number of hydrogen-bond acceptors (Lipinski definition) is 8. The fraction of sp³-hybridized carbons (Fsp3) is 0.828. The molecular formula is C29H52N2O7. The molecule has 1 amide bonds. The summed E-state index contributed by atoms with van der Waals surface area (Å²) in [6.07, 6.45) is 4.67. The maximum atomic E-state index is 12.5. The van der Waals surface area contributed by atoms with E-state index in [-0.39, 0.29) is 59.8 Å². The number of methoxy groups -OCH3 is 1. The molecule has 7 atom stereocenters. The summed E-state index contributed by atoms with van der Waals surface area (Å²) in [5, 5.41) is 11.1. The van der Waals surface area contributed by atoms with Crippen LogP contribution in [0.25, 0.3) is 0 Å². The second kappa shape index (κ2) is 16.9. The lowest BCUT2D eigenvalue weighted by Gasteiger charge is -2.33. The van der Waals surface area contributed by atoms with Crippen molar-refractivity contribution in [1.82, 2.24) is 4.90 Å². The Morgan fingerprint density at radius 2 is 1.71 bits per heavy atom. The highest BCUT2D eigenvalue weighted by Crippen LogP contribution is 2.26. The zero-order chi connectivity index (χ0) is 29.0. The van der Waals surface area contributed by atoms with Crippen molar-refractivity contribution < 1.29 is 33.7 Å². The van der Waals surface area contributed by atoms with Crippen LogP contribution in [-0.4, -0.2) is 72.0 Å². The molecule has 1 heterocycles. The number of nitrogens with two attached hydrogens (primary N) is 1. The van der Waals surface area contributed by atoms with Crippen LogP contribution in [0.15, 0.2) is 12.3 Å². The van der Waals surface area contributed by atoms with Gasteiger partial charge in [0.2, 0.25) is 5.91 Å². The smallest absolute Gasteiger partial charge is 0.308 e. The monoisotopic (exact) mass is 540 g/mol. The molecule has 9 nitrogen and oxygen atoms in total. The topological polar surface area (TPSA) is 128 Å². The lowest BCUT2D eigenvalue weighted by Crippen LogP contribution is -2.43. The van der Waals surface area contributed by atoms with Crippen LogP contribution in [0.5, 0.6) is 0 Å². The SMILES string of the molecule is CCC(=O)O[C@@H](C[C@H](OC)[C@@H](N)CC[C@@H](OC(=O)C(C)C)[C@H](C)[C@H](O)[C@H](C)/C=C/N1CCCC1=O)C(C)C. The molecule has 9 heteroatoms. The molecule has 1 rings (SSSR count). The molecule has 1 fully saturated rings. The van der Waals surface area contributed by atoms with E-state index in [9.17, 15) is 19.5 Å². The van der Waals surface area contributed by atoms with Gasteiger partial charge in [-0.05, 0) is 25.2 Å². The first-order chi connectivity index (χ1) is 17.8. The Labute approximate surface area is 229 Å². The first kappa shape index (κ1) is 34.1. The minimum Gasteiger partial charge on any atom is -0.462 e. The van der Waals surface area contributed by atoms with E-state index in [0.29, 0.717) is 38.6 Å². The first-order valence-corrected chi connectivity index (χ1v) is 14.2. The Morgan fingerprint density at radius 1 is 1.05 bits per heavy atom. The van der Waals surface area contributed by atoms with Gasteiger partial charge in [-0.25, -0.2) is 0 Å². The van der Waals surface area contributed by atoms with Gasteiger partial charge in [0.25, 0.3) is 0 Å². The highest BCUT2D eigenvalue weighted by molar-refractivity contribution is 5.79. The molecule has 1 aliphatic heterocycles. The number of hydrogen-bond donors (Lipinski definition) is 2. The minimum absolute atomic E-state index is 0.0885. The van der Waals surface area contributed by atoms with Crippen LogP contribution in [0.4, 0.5) is 0 Å². The Hall–Kier alpha value is -1.97. The Kier molecular flexibility index (Phi) is 15.1. The molecule has 0 saturated carbocycles. The van der Waals surface area contributed by atoms with E-state index < -0.39 is 12.2 Å². The molecule has 0 radical (unpaired) electrons. The van der Waals surface area contributed by atoms with Gasteiger partial charge in [-0.2, -0.15) is 0 Å². The Bertz CT molecular complexity index is 770. The van der Waals surface area contributed by atoms with Gasteiger partial charge in [-0.3, -0.25) is 14.4 Å². The van der Waals surface area contributed by atoms with Crippen LogP contribution >= 0.6 is 0 Å². The molecule has 1 saturated heterocycles. The number of rotatable bonds is 17. The average Bonchev–Trinajstić information content (AvgIpc) is 3.29. The number of likely N-dealkylation sites (tertiary alicyclic amines) is 1. The van der Waals surface area contributed by atoms with E-state index in [4.69, 9.17) is 19.9 Å². The molecule has 0 aromatic carbocycles. The van der Waals surface area contributed by atoms with Gasteiger partial charge in [-0.1, -0.05) is 54.5 Å². The fourth-order valence-electron chi connectivity index (χ4n) is 4.52. The Balaban J connectivity index is 2.90. The molecule has 0 aromatic rings. The van der Waals surface area contributed by atoms with Crippen LogP contribution in [0.1, 0.15) is 87.0 Å². The quantitative estimate of drug-likeness (QED) is 0.267. The number of nitrogens with zero attached hydrogens (tertiary/aromatic N) is 1. The predicted octanol–water partition coefficient (Wildman–Crippen LogP) is 3.81. The fourth-order valence-corrected chi connectivity index (χ4v) is 4.52. The number of ether oxygens (including phenoxy) is 3. The van der Waals surface area contributed by atoms with Crippen molar-refractivity contribution >= 4 is 17.8 Å². The summed E-state index contributed by atoms with van der Waals surface area (Å²) < 4.78 is 17.1. The van der Waals surface area contributed by atoms with E-state index >= 15 is 0 Å². The molecule has 3 N–H and O–H groups in total. The molecule has 0 aliphatic carbocycles. The van der Waals surface area contributed by atoms with E-state index in [2.05, 4.69) is 0 Å². The summed E-state index contributed by atoms with van der Waals surface area (Å²) in [7, 11) is 1.59. The van der Waals surface area contributed by atoms with Crippen molar-refractivity contribution in [2.24, 2.45) is 29.4 Å². The number of carbonyl (C=O) groups is 3. The zero-order valence-corrected chi connectivity index (χ0v) is 24.7. The number of aliphatic hydroxyl groups excluding tert-OH is 1. The van der Waals surface area contributed by atoms with Crippen molar-refractivity contribution in [3.05, 3.63) is 12.3 Å². The van der Waals surface area contributed by atoms with Crippen molar-refractivity contribution in [2.75, 3.05) is 13.7 Å². The van der Waals surface area contributed by atoms with Crippen LogP contribution < -0.4 is 5.73 Å². The minimum atomic E-state index is -0.790. The molecule has 0 unspecified atom stereocenters. The third kappa shape index (κ3) is 11.0. The normalized spacial score (nSPS) is 19.9. The van der Waals surface area contributed by atoms with Gasteiger partial charge >= 0.3 is 11.9 Å². The summed E-state index contributed by atoms with van der Waals surface area (Å²) in [5.74, 6) is -1.31. The van der Waals surface area contributed by atoms with E-state index in [1.807, 2.05) is 33.8 Å². The highest BCUT2D eigenvalue weighted by atomic mass is 16.6. The predicted molar refractivity (Wildman–Crippen MR) is 147 cm³/mol. The first-order valence-electron chi connectivity index (χ1n) is 14.2. The van der Waals surface area contributed by atoms with Crippen molar-refractivity contribution in [2.45, 2.75) is 117 Å². The standard InChI is InChI=1S/C29H52N2O7/c1-9-27(33)37-24(18(2)3)17-25(36-8)22(30)12-13-23(38-29(35)19(4)5)21(7)28(34)20(6)14-16-31-15-10-11-26(31)32/h14,16,18-25,28,34H,9-13,15,17,30H2,1-8H3/b16-14+/t20-,21+,22+,23-,24+,25+,28-/m1/s1. The molecule has 0 spiro atoms. The van der Waals surface area contributed by atoms with E-state index in [1.54, 1.807) is 39.0 Å². The van der Waals surface area contributed by atoms with Crippen molar-refractivity contribution in [3.8, 4) is 0 Å². The van der Waals surface area contributed by atoms with Gasteiger partial charge in [0, 0.05) is 57.0 Å². The zero-order valence-electron chi connectivity index (χ0n) is 24.7. The van der Waals surface area contributed by atoms with E-state index in [0.717, 1.165) is 6.42 Å². The third-order valence-electron chi connectivity index (χ3n) is 7.43. The maximum Gasteiger partial charge on any atom is 0.308 e. The maximum absolute atomic E-state index is 12.5. The van der Waals surface area contributed by atoms with Crippen LogP contribution in [-0.2, 0) is 28.6 Å². The molecular weight excluding hydrogens is 488 g/mol. The second-order valence-corrected chi connectivity index (χ2v) is 11.2. The van der Waals surface area contributed by atoms with E-state index in [1.165, 1.54) is 0 Å². The van der Waals surface area contributed by atoms with Gasteiger partial charge < -0.3 is 30.0 Å². The van der Waals surface area contributed by atoms with Gasteiger partial charge in [0.1, 0.15) is 12.2 Å². The molecule has 1 aliphatic rings.